The van der Waals surface area contributed by atoms with Crippen LogP contribution in [0.25, 0.3) is 16.8 Å². The standard InChI is InChI=1S/C27H32N3S/c1-5-22(17-18-28-2)13-14-23-15-16-26(25-11-7-6-10-24(23)25)29(3)20-21-31-27-12-8-9-19-30(27)4/h5-19,28H,20-21H2,1-4H3/q+1/b14-13+,18-17-,22-5-. The molecule has 0 bridgehead atoms. The SMILES string of the molecule is C/C=C(\C=C/NC)/C=C/c1ccc(N(C)CCSc2cccc[n+]2C)c2ccccc12. The fraction of sp³-hybridized carbons (Fsp3) is 0.222. The van der Waals surface area contributed by atoms with Gasteiger partial charge >= 0.3 is 0 Å². The Labute approximate surface area is 190 Å². The maximum Gasteiger partial charge on any atom is 0.239 e. The van der Waals surface area contributed by atoms with Crippen molar-refractivity contribution in [3.8, 4) is 0 Å². The van der Waals surface area contributed by atoms with Gasteiger partial charge < -0.3 is 10.2 Å². The summed E-state index contributed by atoms with van der Waals surface area (Å²) >= 11 is 1.89. The quantitative estimate of drug-likeness (QED) is 0.271. The van der Waals surface area contributed by atoms with Gasteiger partial charge in [-0.25, -0.2) is 0 Å². The number of aromatic nitrogens is 1. The molecule has 0 saturated carbocycles. The summed E-state index contributed by atoms with van der Waals surface area (Å²) in [4.78, 5) is 2.36. The first-order valence-corrected chi connectivity index (χ1v) is 11.6. The molecule has 3 rings (SSSR count). The number of nitrogens with zero attached hydrogens (tertiary/aromatic N) is 2. The van der Waals surface area contributed by atoms with E-state index in [1.54, 1.807) is 0 Å². The van der Waals surface area contributed by atoms with Crippen molar-refractivity contribution in [3.63, 3.8) is 0 Å². The molecule has 0 aliphatic heterocycles. The molecule has 2 aromatic carbocycles. The minimum atomic E-state index is 0.982. The molecule has 31 heavy (non-hydrogen) atoms. The Hall–Kier alpha value is -2.98. The first kappa shape index (κ1) is 22.7. The van der Waals surface area contributed by atoms with Crippen molar-refractivity contribution in [2.75, 3.05) is 31.3 Å². The normalized spacial score (nSPS) is 12.2. The summed E-state index contributed by atoms with van der Waals surface area (Å²) in [5.41, 5.74) is 3.67. The lowest BCUT2D eigenvalue weighted by Gasteiger charge is -2.21. The predicted molar refractivity (Wildman–Crippen MR) is 137 cm³/mol. The highest BCUT2D eigenvalue weighted by Crippen LogP contribution is 2.30. The molecule has 1 heterocycles. The molecule has 0 radical (unpaired) electrons. The third-order valence-corrected chi connectivity index (χ3v) is 6.37. The highest BCUT2D eigenvalue weighted by atomic mass is 32.2. The van der Waals surface area contributed by atoms with E-state index >= 15 is 0 Å². The maximum atomic E-state index is 3.05. The lowest BCUT2D eigenvalue weighted by Crippen LogP contribution is -2.30. The van der Waals surface area contributed by atoms with Gasteiger partial charge in [-0.15, -0.1) is 0 Å². The number of hydrogen-bond acceptors (Lipinski definition) is 3. The van der Waals surface area contributed by atoms with Crippen molar-refractivity contribution in [1.82, 2.24) is 5.32 Å². The Bertz CT molecular complexity index is 1100. The summed E-state index contributed by atoms with van der Waals surface area (Å²) < 4.78 is 2.17. The Balaban J connectivity index is 1.78. The molecule has 1 N–H and O–H groups in total. The van der Waals surface area contributed by atoms with Crippen LogP contribution in [0.15, 0.2) is 95.8 Å². The summed E-state index contributed by atoms with van der Waals surface area (Å²) in [6.45, 7) is 3.04. The van der Waals surface area contributed by atoms with Crippen LogP contribution < -0.4 is 14.8 Å². The van der Waals surface area contributed by atoms with Gasteiger partial charge in [-0.2, -0.15) is 4.57 Å². The summed E-state index contributed by atoms with van der Waals surface area (Å²) in [5, 5.41) is 6.90. The van der Waals surface area contributed by atoms with Crippen LogP contribution in [0.3, 0.4) is 0 Å². The second-order valence-corrected chi connectivity index (χ2v) is 8.50. The number of allylic oxidation sites excluding steroid dienone is 4. The van der Waals surface area contributed by atoms with Gasteiger partial charge in [0.1, 0.15) is 7.05 Å². The largest absolute Gasteiger partial charge is 0.394 e. The number of rotatable bonds is 9. The summed E-state index contributed by atoms with van der Waals surface area (Å²) in [7, 11) is 6.19. The molecule has 3 aromatic rings. The number of pyridine rings is 1. The van der Waals surface area contributed by atoms with Gasteiger partial charge in [0, 0.05) is 49.6 Å². The Kier molecular flexibility index (Phi) is 8.36. The smallest absolute Gasteiger partial charge is 0.239 e. The third kappa shape index (κ3) is 6.02. The number of anilines is 1. The molecule has 0 fully saturated rings. The number of nitrogens with one attached hydrogen (secondary N) is 1. The van der Waals surface area contributed by atoms with E-state index in [0.29, 0.717) is 0 Å². The average Bonchev–Trinajstić information content (AvgIpc) is 2.80. The molecule has 0 saturated heterocycles. The molecule has 0 aliphatic carbocycles. The number of aryl methyl sites for hydroxylation is 1. The molecular formula is C27H32N3S+. The number of thioether (sulfide) groups is 1. The zero-order valence-corrected chi connectivity index (χ0v) is 19.7. The zero-order valence-electron chi connectivity index (χ0n) is 18.9. The minimum Gasteiger partial charge on any atom is -0.394 e. The average molecular weight is 431 g/mol. The van der Waals surface area contributed by atoms with Gasteiger partial charge in [0.2, 0.25) is 5.03 Å². The molecule has 0 unspecified atom stereocenters. The van der Waals surface area contributed by atoms with Crippen molar-refractivity contribution < 1.29 is 4.57 Å². The van der Waals surface area contributed by atoms with Gasteiger partial charge in [-0.3, -0.25) is 0 Å². The van der Waals surface area contributed by atoms with E-state index in [4.69, 9.17) is 0 Å². The number of hydrogen-bond donors (Lipinski definition) is 1. The molecule has 160 valence electrons. The van der Waals surface area contributed by atoms with Crippen molar-refractivity contribution in [1.29, 1.82) is 0 Å². The Morgan fingerprint density at radius 1 is 1.03 bits per heavy atom. The van der Waals surface area contributed by atoms with Crippen LogP contribution in [-0.2, 0) is 7.05 Å². The lowest BCUT2D eigenvalue weighted by atomic mass is 10.0. The second-order valence-electron chi connectivity index (χ2n) is 7.38. The van der Waals surface area contributed by atoms with E-state index in [1.807, 2.05) is 25.0 Å². The topological polar surface area (TPSA) is 19.1 Å². The van der Waals surface area contributed by atoms with Crippen LogP contribution in [0.4, 0.5) is 5.69 Å². The van der Waals surface area contributed by atoms with Crippen LogP contribution in [0.1, 0.15) is 12.5 Å². The lowest BCUT2D eigenvalue weighted by molar-refractivity contribution is -0.708. The van der Waals surface area contributed by atoms with E-state index in [2.05, 4.69) is 121 Å². The molecular weight excluding hydrogens is 398 g/mol. The van der Waals surface area contributed by atoms with E-state index in [0.717, 1.165) is 12.3 Å². The molecule has 3 nitrogen and oxygen atoms in total. The highest BCUT2D eigenvalue weighted by Gasteiger charge is 2.10. The predicted octanol–water partition coefficient (Wildman–Crippen LogP) is 5.59. The first-order valence-electron chi connectivity index (χ1n) is 10.6. The van der Waals surface area contributed by atoms with Gasteiger partial charge in [0.05, 0.1) is 0 Å². The van der Waals surface area contributed by atoms with E-state index in [1.165, 1.54) is 32.6 Å². The molecule has 0 amide bonds. The maximum absolute atomic E-state index is 3.05. The van der Waals surface area contributed by atoms with Crippen LogP contribution in [0, 0.1) is 0 Å². The van der Waals surface area contributed by atoms with E-state index in [9.17, 15) is 0 Å². The molecule has 0 atom stereocenters. The van der Waals surface area contributed by atoms with Gasteiger partial charge in [0.25, 0.3) is 0 Å². The molecule has 0 spiro atoms. The highest BCUT2D eigenvalue weighted by molar-refractivity contribution is 7.99. The fourth-order valence-corrected chi connectivity index (χ4v) is 4.48. The third-order valence-electron chi connectivity index (χ3n) is 5.26. The van der Waals surface area contributed by atoms with Crippen molar-refractivity contribution in [2.24, 2.45) is 7.05 Å². The summed E-state index contributed by atoms with van der Waals surface area (Å²) in [6.07, 6.45) is 12.6. The van der Waals surface area contributed by atoms with Gasteiger partial charge in [0.15, 0.2) is 6.20 Å². The van der Waals surface area contributed by atoms with Crippen molar-refractivity contribution >= 4 is 34.3 Å². The molecule has 4 heteroatoms. The van der Waals surface area contributed by atoms with Crippen molar-refractivity contribution in [3.05, 3.63) is 96.4 Å². The monoisotopic (exact) mass is 430 g/mol. The molecule has 1 aromatic heterocycles. The summed E-state index contributed by atoms with van der Waals surface area (Å²) in [6, 6.07) is 19.5. The van der Waals surface area contributed by atoms with Crippen LogP contribution >= 0.6 is 11.8 Å². The number of benzene rings is 2. The Morgan fingerprint density at radius 3 is 2.55 bits per heavy atom. The van der Waals surface area contributed by atoms with E-state index in [-0.39, 0.29) is 0 Å². The van der Waals surface area contributed by atoms with Crippen LogP contribution in [0.2, 0.25) is 0 Å². The first-order chi connectivity index (χ1) is 15.1. The second kappa shape index (κ2) is 11.4. The Morgan fingerprint density at radius 2 is 1.81 bits per heavy atom. The summed E-state index contributed by atoms with van der Waals surface area (Å²) in [5.74, 6) is 1.03. The van der Waals surface area contributed by atoms with Crippen molar-refractivity contribution in [2.45, 2.75) is 11.9 Å². The van der Waals surface area contributed by atoms with Gasteiger partial charge in [-0.1, -0.05) is 60.3 Å². The fourth-order valence-electron chi connectivity index (χ4n) is 3.46. The van der Waals surface area contributed by atoms with Gasteiger partial charge in [-0.05, 0) is 47.9 Å². The molecule has 0 aliphatic rings. The number of fused-ring (bicyclic) bond motifs is 1. The van der Waals surface area contributed by atoms with Crippen LogP contribution in [-0.4, -0.2) is 26.4 Å². The minimum absolute atomic E-state index is 0.982. The van der Waals surface area contributed by atoms with Crippen LogP contribution in [0.5, 0.6) is 0 Å². The zero-order chi connectivity index (χ0) is 22.1. The van der Waals surface area contributed by atoms with E-state index < -0.39 is 0 Å².